The Labute approximate surface area is 175 Å². The monoisotopic (exact) mass is 399 g/mol. The van der Waals surface area contributed by atoms with E-state index >= 15 is 0 Å². The highest BCUT2D eigenvalue weighted by Crippen LogP contribution is 2.40. The predicted molar refractivity (Wildman–Crippen MR) is 118 cm³/mol. The van der Waals surface area contributed by atoms with E-state index < -0.39 is 0 Å². The molecule has 1 aromatic carbocycles. The van der Waals surface area contributed by atoms with Crippen molar-refractivity contribution in [3.8, 4) is 0 Å². The van der Waals surface area contributed by atoms with Gasteiger partial charge in [-0.2, -0.15) is 0 Å². The normalized spacial score (nSPS) is 23.5. The zero-order valence-electron chi connectivity index (χ0n) is 18.2. The number of urea groups is 1. The molecule has 2 aliphatic rings. The maximum atomic E-state index is 12.7. The number of anilines is 1. The second-order valence-corrected chi connectivity index (χ2v) is 9.46. The first-order chi connectivity index (χ1) is 13.9. The quantitative estimate of drug-likeness (QED) is 0.728. The fourth-order valence-electron chi connectivity index (χ4n) is 4.70. The summed E-state index contributed by atoms with van der Waals surface area (Å²) in [6, 6.07) is 9.75. The zero-order valence-corrected chi connectivity index (χ0v) is 18.2. The Balaban J connectivity index is 1.40. The molecule has 0 radical (unpaired) electrons. The minimum Gasteiger partial charge on any atom is -0.353 e. The zero-order chi connectivity index (χ0) is 20.9. The van der Waals surface area contributed by atoms with Gasteiger partial charge in [-0.05, 0) is 62.0 Å². The van der Waals surface area contributed by atoms with E-state index in [9.17, 15) is 9.59 Å². The summed E-state index contributed by atoms with van der Waals surface area (Å²) in [6.07, 6.45) is 7.31. The van der Waals surface area contributed by atoms with Gasteiger partial charge in [0.1, 0.15) is 0 Å². The van der Waals surface area contributed by atoms with Crippen LogP contribution in [0.2, 0.25) is 0 Å². The third kappa shape index (κ3) is 5.74. The number of piperidine rings is 1. The minimum atomic E-state index is -0.0769. The molecule has 0 spiro atoms. The van der Waals surface area contributed by atoms with Gasteiger partial charge in [-0.3, -0.25) is 4.79 Å². The van der Waals surface area contributed by atoms with E-state index in [0.717, 1.165) is 37.3 Å². The van der Waals surface area contributed by atoms with Crippen LogP contribution in [-0.4, -0.2) is 36.0 Å². The number of carbonyl (C=O) groups excluding carboxylic acids is 2. The molecular formula is C24H37N3O2. The van der Waals surface area contributed by atoms with Gasteiger partial charge in [0.25, 0.3) is 0 Å². The summed E-state index contributed by atoms with van der Waals surface area (Å²) in [5.74, 6) is 0.985. The van der Waals surface area contributed by atoms with Crippen LogP contribution >= 0.6 is 0 Å². The maximum Gasteiger partial charge on any atom is 0.321 e. The molecule has 1 aliphatic carbocycles. The van der Waals surface area contributed by atoms with Gasteiger partial charge in [0.15, 0.2) is 0 Å². The lowest BCUT2D eigenvalue weighted by atomic mass is 9.69. The molecule has 1 aromatic rings. The van der Waals surface area contributed by atoms with Crippen molar-refractivity contribution in [2.24, 2.45) is 17.3 Å². The van der Waals surface area contributed by atoms with E-state index in [0.29, 0.717) is 24.5 Å². The topological polar surface area (TPSA) is 61.4 Å². The van der Waals surface area contributed by atoms with E-state index in [1.54, 1.807) is 0 Å². The molecule has 1 aliphatic heterocycles. The van der Waals surface area contributed by atoms with Crippen LogP contribution in [0, 0.1) is 17.3 Å². The maximum absolute atomic E-state index is 12.7. The van der Waals surface area contributed by atoms with Crippen LogP contribution in [0.1, 0.15) is 65.7 Å². The molecular weight excluding hydrogens is 362 g/mol. The number of rotatable bonds is 5. The van der Waals surface area contributed by atoms with Gasteiger partial charge in [0.2, 0.25) is 5.91 Å². The summed E-state index contributed by atoms with van der Waals surface area (Å²) in [7, 11) is 0. The third-order valence-corrected chi connectivity index (χ3v) is 7.27. The highest BCUT2D eigenvalue weighted by Gasteiger charge is 2.33. The van der Waals surface area contributed by atoms with Crippen LogP contribution in [0.5, 0.6) is 0 Å². The summed E-state index contributed by atoms with van der Waals surface area (Å²) in [5, 5.41) is 6.23. The Morgan fingerprint density at radius 2 is 1.62 bits per heavy atom. The number of amides is 3. The van der Waals surface area contributed by atoms with Crippen LogP contribution in [0.25, 0.3) is 0 Å². The number of para-hydroxylation sites is 1. The van der Waals surface area contributed by atoms with E-state index in [2.05, 4.69) is 31.4 Å². The number of nitrogens with one attached hydrogen (secondary N) is 2. The fraction of sp³-hybridized carbons (Fsp3) is 0.667. The summed E-state index contributed by atoms with van der Waals surface area (Å²) in [4.78, 5) is 27.0. The molecule has 2 N–H and O–H groups in total. The summed E-state index contributed by atoms with van der Waals surface area (Å²) in [5.41, 5.74) is 1.21. The Kier molecular flexibility index (Phi) is 7.20. The molecule has 3 amide bonds. The number of nitrogens with zero attached hydrogens (tertiary/aromatic N) is 1. The molecule has 3 rings (SSSR count). The van der Waals surface area contributed by atoms with Crippen LogP contribution in [0.3, 0.4) is 0 Å². The van der Waals surface area contributed by atoms with E-state index in [4.69, 9.17) is 0 Å². The van der Waals surface area contributed by atoms with E-state index in [1.165, 1.54) is 19.3 Å². The highest BCUT2D eigenvalue weighted by atomic mass is 16.2. The lowest BCUT2D eigenvalue weighted by Gasteiger charge is -2.39. The largest absolute Gasteiger partial charge is 0.353 e. The minimum absolute atomic E-state index is 0.0283. The van der Waals surface area contributed by atoms with Gasteiger partial charge in [-0.25, -0.2) is 4.79 Å². The molecule has 5 nitrogen and oxygen atoms in total. The summed E-state index contributed by atoms with van der Waals surface area (Å²) in [6.45, 7) is 8.29. The first kappa shape index (κ1) is 21.7. The summed E-state index contributed by atoms with van der Waals surface area (Å²) < 4.78 is 0. The number of hydrogen-bond donors (Lipinski definition) is 2. The van der Waals surface area contributed by atoms with Gasteiger partial charge >= 0.3 is 6.03 Å². The molecule has 0 bridgehead atoms. The lowest BCUT2D eigenvalue weighted by Crippen LogP contribution is -2.47. The Bertz CT molecular complexity index is 673. The molecule has 2 fully saturated rings. The average Bonchev–Trinajstić information content (AvgIpc) is 2.75. The number of hydrogen-bond acceptors (Lipinski definition) is 2. The van der Waals surface area contributed by atoms with Crippen LogP contribution in [-0.2, 0) is 4.79 Å². The van der Waals surface area contributed by atoms with Crippen molar-refractivity contribution in [1.29, 1.82) is 0 Å². The van der Waals surface area contributed by atoms with E-state index in [-0.39, 0.29) is 17.9 Å². The third-order valence-electron chi connectivity index (χ3n) is 7.27. The number of carbonyl (C=O) groups is 2. The molecule has 1 saturated carbocycles. The van der Waals surface area contributed by atoms with Gasteiger partial charge in [0.05, 0.1) is 0 Å². The second kappa shape index (κ2) is 9.64. The highest BCUT2D eigenvalue weighted by molar-refractivity contribution is 5.89. The number of likely N-dealkylation sites (tertiary alicyclic amines) is 1. The SMILES string of the molecule is CCC(C)(C)C1CCC(NC(=O)C2CCN(C(=O)Nc3ccccc3)CC2)CC1. The van der Waals surface area contributed by atoms with Crippen molar-refractivity contribution in [3.05, 3.63) is 30.3 Å². The molecule has 1 heterocycles. The first-order valence-corrected chi connectivity index (χ1v) is 11.3. The molecule has 0 atom stereocenters. The van der Waals surface area contributed by atoms with Crippen molar-refractivity contribution in [3.63, 3.8) is 0 Å². The Morgan fingerprint density at radius 3 is 2.21 bits per heavy atom. The van der Waals surface area contributed by atoms with Crippen molar-refractivity contribution in [2.75, 3.05) is 18.4 Å². The van der Waals surface area contributed by atoms with Crippen molar-refractivity contribution in [1.82, 2.24) is 10.2 Å². The van der Waals surface area contributed by atoms with Crippen molar-refractivity contribution in [2.45, 2.75) is 71.8 Å². The standard InChI is InChI=1S/C24H37N3O2/c1-4-24(2,3)19-10-12-21(13-11-19)25-22(28)18-14-16-27(17-15-18)23(29)26-20-8-6-5-7-9-20/h5-9,18-19,21H,4,10-17H2,1-3H3,(H,25,28)(H,26,29). The molecule has 29 heavy (non-hydrogen) atoms. The number of benzene rings is 1. The average molecular weight is 400 g/mol. The summed E-state index contributed by atoms with van der Waals surface area (Å²) >= 11 is 0. The molecule has 0 unspecified atom stereocenters. The van der Waals surface area contributed by atoms with Gasteiger partial charge in [-0.1, -0.05) is 45.4 Å². The fourth-order valence-corrected chi connectivity index (χ4v) is 4.70. The lowest BCUT2D eigenvalue weighted by molar-refractivity contribution is -0.127. The van der Waals surface area contributed by atoms with Gasteiger partial charge in [-0.15, -0.1) is 0 Å². The smallest absolute Gasteiger partial charge is 0.321 e. The second-order valence-electron chi connectivity index (χ2n) is 9.46. The Morgan fingerprint density at radius 1 is 1.00 bits per heavy atom. The van der Waals surface area contributed by atoms with Crippen LogP contribution in [0.4, 0.5) is 10.5 Å². The Hall–Kier alpha value is -2.04. The molecule has 1 saturated heterocycles. The van der Waals surface area contributed by atoms with E-state index in [1.807, 2.05) is 35.2 Å². The van der Waals surface area contributed by atoms with Crippen molar-refractivity contribution >= 4 is 17.6 Å². The van der Waals surface area contributed by atoms with Crippen LogP contribution < -0.4 is 10.6 Å². The van der Waals surface area contributed by atoms with Gasteiger partial charge in [0, 0.05) is 30.7 Å². The van der Waals surface area contributed by atoms with Crippen LogP contribution in [0.15, 0.2) is 30.3 Å². The predicted octanol–water partition coefficient (Wildman–Crippen LogP) is 5.04. The van der Waals surface area contributed by atoms with Gasteiger partial charge < -0.3 is 15.5 Å². The molecule has 160 valence electrons. The van der Waals surface area contributed by atoms with Crippen molar-refractivity contribution < 1.29 is 9.59 Å². The molecule has 0 aromatic heterocycles. The first-order valence-electron chi connectivity index (χ1n) is 11.3. The molecule has 5 heteroatoms.